The Morgan fingerprint density at radius 2 is 2.21 bits per heavy atom. The number of hydroxylamine groups is 1. The van der Waals surface area contributed by atoms with Gasteiger partial charge in [-0.2, -0.15) is 0 Å². The van der Waals surface area contributed by atoms with Gasteiger partial charge in [0.15, 0.2) is 0 Å². The molecule has 0 spiro atoms. The van der Waals surface area contributed by atoms with Crippen molar-refractivity contribution < 1.29 is 9.63 Å². The fourth-order valence-electron chi connectivity index (χ4n) is 1.86. The molecule has 1 aromatic carbocycles. The Balaban J connectivity index is 1.83. The molecule has 1 amide bonds. The van der Waals surface area contributed by atoms with Crippen LogP contribution in [-0.4, -0.2) is 6.09 Å². The van der Waals surface area contributed by atoms with Crippen molar-refractivity contribution in [3.63, 3.8) is 0 Å². The average Bonchev–Trinajstić information content (AvgIpc) is 2.42. The number of carbonyl (C=O) groups excluding carboxylic acids is 1. The molecule has 1 aliphatic carbocycles. The van der Waals surface area contributed by atoms with Gasteiger partial charge in [-0.3, -0.25) is 5.32 Å². The van der Waals surface area contributed by atoms with E-state index in [0.29, 0.717) is 10.7 Å². The van der Waals surface area contributed by atoms with Gasteiger partial charge in [0.2, 0.25) is 0 Å². The number of allylic oxidation sites excluding steroid dienone is 2. The molecule has 0 heterocycles. The highest BCUT2D eigenvalue weighted by Gasteiger charge is 2.08. The summed E-state index contributed by atoms with van der Waals surface area (Å²) in [6, 6.07) is 5.31. The van der Waals surface area contributed by atoms with Gasteiger partial charge in [-0.05, 0) is 50.3 Å². The first kappa shape index (κ1) is 13.7. The Morgan fingerprint density at radius 3 is 2.89 bits per heavy atom. The van der Waals surface area contributed by atoms with Crippen molar-refractivity contribution in [3.8, 4) is 0 Å². The fourth-order valence-corrected chi connectivity index (χ4v) is 2.04. The second-order valence-electron chi connectivity index (χ2n) is 4.56. The van der Waals surface area contributed by atoms with Crippen LogP contribution in [0.25, 0.3) is 0 Å². The third kappa shape index (κ3) is 4.17. The van der Waals surface area contributed by atoms with Crippen LogP contribution in [0.1, 0.15) is 31.2 Å². The van der Waals surface area contributed by atoms with Crippen LogP contribution in [0.2, 0.25) is 5.02 Å². The Hall–Kier alpha value is -1.68. The van der Waals surface area contributed by atoms with Crippen LogP contribution < -0.4 is 10.8 Å². The maximum Gasteiger partial charge on any atom is 0.435 e. The summed E-state index contributed by atoms with van der Waals surface area (Å²) in [5.74, 6) is 0. The number of amides is 1. The van der Waals surface area contributed by atoms with Crippen LogP contribution in [0.4, 0.5) is 10.5 Å². The van der Waals surface area contributed by atoms with E-state index in [1.807, 2.05) is 13.0 Å². The molecule has 1 aliphatic rings. The highest BCUT2D eigenvalue weighted by molar-refractivity contribution is 6.31. The number of benzene rings is 1. The summed E-state index contributed by atoms with van der Waals surface area (Å²) in [7, 11) is 0. The zero-order chi connectivity index (χ0) is 13.7. The number of anilines is 1. The molecule has 0 aromatic heterocycles. The Kier molecular flexibility index (Phi) is 4.68. The topological polar surface area (TPSA) is 50.4 Å². The number of hydrogen-bond donors (Lipinski definition) is 2. The molecule has 5 heteroatoms. The van der Waals surface area contributed by atoms with Crippen molar-refractivity contribution in [2.75, 3.05) is 5.32 Å². The minimum absolute atomic E-state index is 0.550. The zero-order valence-electron chi connectivity index (χ0n) is 10.8. The molecule has 4 nitrogen and oxygen atoms in total. The largest absolute Gasteiger partial charge is 0.435 e. The molecule has 2 N–H and O–H groups in total. The maximum atomic E-state index is 11.6. The first-order valence-electron chi connectivity index (χ1n) is 6.34. The molecule has 0 atom stereocenters. The van der Waals surface area contributed by atoms with E-state index in [-0.39, 0.29) is 0 Å². The summed E-state index contributed by atoms with van der Waals surface area (Å²) in [6.45, 7) is 1.90. The van der Waals surface area contributed by atoms with Gasteiger partial charge in [0, 0.05) is 16.4 Å². The van der Waals surface area contributed by atoms with Crippen LogP contribution in [-0.2, 0) is 4.84 Å². The van der Waals surface area contributed by atoms with E-state index in [4.69, 9.17) is 16.4 Å². The Labute approximate surface area is 117 Å². The van der Waals surface area contributed by atoms with Gasteiger partial charge in [0.05, 0.1) is 0 Å². The molecule has 0 saturated carbocycles. The summed E-state index contributed by atoms with van der Waals surface area (Å²) in [5, 5.41) is 3.23. The van der Waals surface area contributed by atoms with Gasteiger partial charge in [0.1, 0.15) is 0 Å². The van der Waals surface area contributed by atoms with E-state index < -0.39 is 6.09 Å². The van der Waals surface area contributed by atoms with Crippen molar-refractivity contribution in [2.24, 2.45) is 0 Å². The van der Waals surface area contributed by atoms with Gasteiger partial charge in [0.25, 0.3) is 0 Å². The minimum Gasteiger partial charge on any atom is -0.324 e. The molecule has 0 bridgehead atoms. The fraction of sp³-hybridized carbons (Fsp3) is 0.357. The number of nitrogens with one attached hydrogen (secondary N) is 2. The molecule has 0 saturated heterocycles. The molecule has 0 unspecified atom stereocenters. The third-order valence-electron chi connectivity index (χ3n) is 2.98. The Morgan fingerprint density at radius 1 is 1.37 bits per heavy atom. The van der Waals surface area contributed by atoms with E-state index in [1.165, 1.54) is 6.42 Å². The number of aryl methyl sites for hydroxylation is 1. The van der Waals surface area contributed by atoms with E-state index in [9.17, 15) is 4.79 Å². The third-order valence-corrected chi connectivity index (χ3v) is 3.39. The highest BCUT2D eigenvalue weighted by Crippen LogP contribution is 2.20. The van der Waals surface area contributed by atoms with Gasteiger partial charge < -0.3 is 4.84 Å². The van der Waals surface area contributed by atoms with Gasteiger partial charge in [-0.1, -0.05) is 23.7 Å². The molecule has 2 rings (SSSR count). The Bertz CT molecular complexity index is 500. The second kappa shape index (κ2) is 6.48. The summed E-state index contributed by atoms with van der Waals surface area (Å²) in [6.07, 6.45) is 5.77. The molecule has 19 heavy (non-hydrogen) atoms. The lowest BCUT2D eigenvalue weighted by Crippen LogP contribution is -2.24. The van der Waals surface area contributed by atoms with Crippen LogP contribution in [0.15, 0.2) is 30.0 Å². The normalized spacial score (nSPS) is 14.5. The van der Waals surface area contributed by atoms with E-state index in [0.717, 1.165) is 30.5 Å². The van der Waals surface area contributed by atoms with Gasteiger partial charge >= 0.3 is 6.09 Å². The molecule has 1 aromatic rings. The van der Waals surface area contributed by atoms with Crippen LogP contribution in [0, 0.1) is 6.92 Å². The molecule has 0 aliphatic heterocycles. The van der Waals surface area contributed by atoms with Crippen molar-refractivity contribution in [2.45, 2.75) is 32.6 Å². The number of hydrogen-bond acceptors (Lipinski definition) is 3. The summed E-state index contributed by atoms with van der Waals surface area (Å²) in [5.41, 5.74) is 5.22. The summed E-state index contributed by atoms with van der Waals surface area (Å²) < 4.78 is 0. The van der Waals surface area contributed by atoms with Crippen molar-refractivity contribution in [1.82, 2.24) is 5.48 Å². The second-order valence-corrected chi connectivity index (χ2v) is 4.96. The SMILES string of the molecule is Cc1ccc(NC(=O)ONC2=CCCCC2)cc1Cl. The molecule has 0 fully saturated rings. The maximum absolute atomic E-state index is 11.6. The van der Waals surface area contributed by atoms with Gasteiger partial charge in [-0.15, -0.1) is 0 Å². The molecule has 102 valence electrons. The lowest BCUT2D eigenvalue weighted by Gasteiger charge is -2.14. The predicted molar refractivity (Wildman–Crippen MR) is 76.0 cm³/mol. The predicted octanol–water partition coefficient (Wildman–Crippen LogP) is 4.16. The highest BCUT2D eigenvalue weighted by atomic mass is 35.5. The average molecular weight is 281 g/mol. The van der Waals surface area contributed by atoms with Crippen molar-refractivity contribution in [1.29, 1.82) is 0 Å². The van der Waals surface area contributed by atoms with Crippen molar-refractivity contribution in [3.05, 3.63) is 40.6 Å². The zero-order valence-corrected chi connectivity index (χ0v) is 11.6. The van der Waals surface area contributed by atoms with E-state index in [2.05, 4.69) is 16.9 Å². The van der Waals surface area contributed by atoms with Crippen LogP contribution in [0.3, 0.4) is 0 Å². The quantitative estimate of drug-likeness (QED) is 0.818. The number of carbonyl (C=O) groups is 1. The first-order chi connectivity index (χ1) is 9.15. The molecule has 0 radical (unpaired) electrons. The monoisotopic (exact) mass is 280 g/mol. The molecular formula is C14H17ClN2O2. The first-order valence-corrected chi connectivity index (χ1v) is 6.72. The number of halogens is 1. The van der Waals surface area contributed by atoms with Crippen LogP contribution in [0.5, 0.6) is 0 Å². The smallest absolute Gasteiger partial charge is 0.324 e. The summed E-state index contributed by atoms with van der Waals surface area (Å²) >= 11 is 5.98. The lowest BCUT2D eigenvalue weighted by atomic mass is 10.1. The van der Waals surface area contributed by atoms with Gasteiger partial charge in [-0.25, -0.2) is 10.3 Å². The van der Waals surface area contributed by atoms with Crippen molar-refractivity contribution >= 4 is 23.4 Å². The number of rotatable bonds is 3. The summed E-state index contributed by atoms with van der Waals surface area (Å²) in [4.78, 5) is 16.5. The minimum atomic E-state index is -0.550. The molecular weight excluding hydrogens is 264 g/mol. The van der Waals surface area contributed by atoms with E-state index >= 15 is 0 Å². The lowest BCUT2D eigenvalue weighted by molar-refractivity contribution is 0.117. The standard InChI is InChI=1S/C14H17ClN2O2/c1-10-7-8-12(9-13(10)15)16-14(18)19-17-11-5-3-2-4-6-11/h5,7-9,17H,2-4,6H2,1H3,(H,16,18). The van der Waals surface area contributed by atoms with E-state index in [1.54, 1.807) is 12.1 Å². The van der Waals surface area contributed by atoms with Crippen LogP contribution >= 0.6 is 11.6 Å².